The minimum atomic E-state index is -0.599. The molecule has 13 aromatic carbocycles. The summed E-state index contributed by atoms with van der Waals surface area (Å²) in [5.74, 6) is 0. The van der Waals surface area contributed by atoms with Gasteiger partial charge in [-0.05, 0) is 171 Å². The highest BCUT2D eigenvalue weighted by Crippen LogP contribution is 2.57. The van der Waals surface area contributed by atoms with Gasteiger partial charge in [-0.3, -0.25) is 0 Å². The Morgan fingerprint density at radius 1 is 0.340 bits per heavy atom. The number of hydrogen-bond acceptors (Lipinski definition) is 3. The van der Waals surface area contributed by atoms with E-state index in [-0.39, 0.29) is 34.4 Å². The van der Waals surface area contributed by atoms with E-state index in [2.05, 4.69) is 346 Å². The predicted octanol–water partition coefficient (Wildman–Crippen LogP) is 24.2. The van der Waals surface area contributed by atoms with Gasteiger partial charge in [-0.15, -0.1) is 11.3 Å². The fourth-order valence-electron chi connectivity index (χ4n) is 15.6. The maximum Gasteiger partial charge on any atom is 0.264 e. The Morgan fingerprint density at radius 2 is 0.773 bits per heavy atom. The summed E-state index contributed by atoms with van der Waals surface area (Å²) in [6.07, 6.45) is 0. The lowest BCUT2D eigenvalue weighted by Gasteiger charge is -2.45. The first-order valence-electron chi connectivity index (χ1n) is 35.9. The van der Waals surface area contributed by atoms with Crippen LogP contribution in [0.15, 0.2) is 267 Å². The largest absolute Gasteiger partial charge is 0.311 e. The van der Waals surface area contributed by atoms with E-state index >= 15 is 0 Å². The van der Waals surface area contributed by atoms with Gasteiger partial charge in [-0.2, -0.15) is 0 Å². The summed E-state index contributed by atoms with van der Waals surface area (Å²) < 4.78 is 38.2. The first-order chi connectivity index (χ1) is 48.0. The second-order valence-corrected chi connectivity index (χ2v) is 32.1. The molecule has 17 rings (SSSR count). The van der Waals surface area contributed by atoms with Crippen LogP contribution in [-0.2, 0) is 21.7 Å². The topological polar surface area (TPSA) is 11.4 Å². The third-order valence-electron chi connectivity index (χ3n) is 20.7. The zero-order chi connectivity index (χ0) is 69.2. The average molecular weight is 1270 g/mol. The molecule has 0 unspecified atom stereocenters. The van der Waals surface area contributed by atoms with Crippen molar-refractivity contribution in [1.82, 2.24) is 4.57 Å². The van der Waals surface area contributed by atoms with E-state index in [4.69, 9.17) is 0 Å². The summed E-state index contributed by atoms with van der Waals surface area (Å²) in [4.78, 5) is 5.06. The maximum atomic E-state index is 11.6. The van der Waals surface area contributed by atoms with Crippen molar-refractivity contribution >= 4 is 121 Å². The number of rotatable bonds is 7. The van der Waals surface area contributed by atoms with Crippen molar-refractivity contribution in [2.75, 3.05) is 9.80 Å². The van der Waals surface area contributed by atoms with Crippen LogP contribution < -0.4 is 25.5 Å². The second-order valence-electron chi connectivity index (χ2n) is 31.0. The van der Waals surface area contributed by atoms with Crippen molar-refractivity contribution in [2.45, 2.75) is 105 Å². The molecule has 0 N–H and O–H groups in total. The van der Waals surface area contributed by atoms with E-state index in [1.807, 2.05) is 11.3 Å². The van der Waals surface area contributed by atoms with E-state index in [0.717, 1.165) is 137 Å². The Hall–Kier alpha value is -10.2. The fraction of sp³-hybridized carbons (Fsp3) is 0.174. The quantitative estimate of drug-likeness (QED) is 0.116. The van der Waals surface area contributed by atoms with Crippen molar-refractivity contribution in [2.24, 2.45) is 0 Å². The highest BCUT2D eigenvalue weighted by Gasteiger charge is 2.48. The van der Waals surface area contributed by atoms with Gasteiger partial charge in [0.05, 0.1) is 32.2 Å². The minimum Gasteiger partial charge on any atom is -0.311 e. The molecule has 0 radical (unpaired) electrons. The minimum absolute atomic E-state index is 0.0129. The zero-order valence-electron chi connectivity index (χ0n) is 60.5. The second kappa shape index (κ2) is 22.2. The number of benzene rings is 13. The van der Waals surface area contributed by atoms with Crippen molar-refractivity contribution in [1.29, 1.82) is 0 Å². The van der Waals surface area contributed by atoms with Gasteiger partial charge >= 0.3 is 0 Å². The summed E-state index contributed by atoms with van der Waals surface area (Å²) in [6, 6.07) is 91.7. The molecule has 0 atom stereocenters. The summed E-state index contributed by atoms with van der Waals surface area (Å²) in [5.41, 5.74) is 21.9. The van der Waals surface area contributed by atoms with Crippen molar-refractivity contribution in [3.05, 3.63) is 289 Å². The number of hydrogen-bond donors (Lipinski definition) is 0. The average Bonchev–Trinajstić information content (AvgIpc) is 1.14. The van der Waals surface area contributed by atoms with Crippen LogP contribution >= 0.6 is 11.3 Å². The number of thiophene rings is 1. The van der Waals surface area contributed by atoms with E-state index in [9.17, 15) is 4.11 Å². The predicted molar refractivity (Wildman–Crippen MR) is 422 cm³/mol. The van der Waals surface area contributed by atoms with Crippen LogP contribution in [0.1, 0.15) is 109 Å². The van der Waals surface area contributed by atoms with E-state index in [1.54, 1.807) is 0 Å². The summed E-state index contributed by atoms with van der Waals surface area (Å²) in [7, 11) is 0. The molecule has 2 aromatic heterocycles. The molecule has 0 fully saturated rings. The van der Waals surface area contributed by atoms with Crippen LogP contribution in [0.4, 0.5) is 34.1 Å². The summed E-state index contributed by atoms with van der Waals surface area (Å²) in [6.45, 7) is 27.1. The van der Waals surface area contributed by atoms with Gasteiger partial charge in [-0.25, -0.2) is 0 Å². The first kappa shape index (κ1) is 57.1. The SMILES string of the molecule is [2H]c1c([2H])c(-n2c3ccccc3c3ccccc32)c([2H])c2c1B1c3sc4cc(C(C)(C)C)ccc4c3N(c3c(-c4ccccc4)cc(C(C)(C)C)cc3-c3ccccc3)c3cc(C(C)(C)C)cc(c31)N2c1ccc(C(C)(C)C)cc1-c1c2ccccc2c(-c2ccccc2)c2ccccc12. The molecule has 0 saturated carbocycles. The van der Waals surface area contributed by atoms with Gasteiger partial charge in [-0.1, -0.05) is 283 Å². The van der Waals surface area contributed by atoms with Gasteiger partial charge in [0, 0.05) is 65.1 Å². The maximum absolute atomic E-state index is 11.6. The van der Waals surface area contributed by atoms with E-state index in [1.165, 1.54) is 22.3 Å². The molecular weight excluding hydrogens is 1190 g/mol. The Bertz CT molecular complexity index is 5710. The zero-order valence-corrected chi connectivity index (χ0v) is 58.3. The Balaban J connectivity index is 1.10. The standard InChI is InChI=1S/C92H80BN3S/c1-89(2,3)60-45-49-78(74(50-60)84-69-40-24-22-38-67(69)83(59-34-20-15-21-35-59)68-39-23-25-41-70(68)84)95-79-56-64(94-76-42-28-26-36-65(76)66-37-27-29-43-77(66)94)46-48-75(79)93-85-80(95)53-63(92(10,11)12)54-81(85)96(87-71-47-44-61(90(4,5)6)55-82(71)97-88(87)93)86-72(57-30-16-13-17-31-57)51-62(91(7,8)9)52-73(86)58-32-18-14-19-33-58/h13-56H,1-12H3/i46D,48D,56D. The van der Waals surface area contributed by atoms with Gasteiger partial charge in [0.25, 0.3) is 6.71 Å². The lowest BCUT2D eigenvalue weighted by molar-refractivity contribution is 0.590. The monoisotopic (exact) mass is 1270 g/mol. The molecule has 0 spiro atoms. The lowest BCUT2D eigenvalue weighted by atomic mass is 9.36. The summed E-state index contributed by atoms with van der Waals surface area (Å²) >= 11 is 1.81. The first-order valence-corrected chi connectivity index (χ1v) is 35.2. The van der Waals surface area contributed by atoms with Crippen LogP contribution in [-0.4, -0.2) is 11.3 Å². The third kappa shape index (κ3) is 9.73. The molecule has 15 aromatic rings. The van der Waals surface area contributed by atoms with Crippen LogP contribution in [0.25, 0.3) is 104 Å². The molecule has 5 heteroatoms. The van der Waals surface area contributed by atoms with E-state index in [0.29, 0.717) is 16.8 Å². The third-order valence-corrected chi connectivity index (χ3v) is 21.9. The summed E-state index contributed by atoms with van der Waals surface area (Å²) in [5, 5.41) is 7.69. The van der Waals surface area contributed by atoms with E-state index < -0.39 is 12.1 Å². The van der Waals surface area contributed by atoms with Crippen molar-refractivity contribution in [3.63, 3.8) is 0 Å². The van der Waals surface area contributed by atoms with Crippen molar-refractivity contribution in [3.8, 4) is 50.2 Å². The highest BCUT2D eigenvalue weighted by atomic mass is 32.1. The number of para-hydroxylation sites is 2. The van der Waals surface area contributed by atoms with Gasteiger partial charge in [0.1, 0.15) is 0 Å². The smallest absolute Gasteiger partial charge is 0.264 e. The molecule has 472 valence electrons. The van der Waals surface area contributed by atoms with Crippen molar-refractivity contribution < 1.29 is 4.11 Å². The molecule has 0 saturated heterocycles. The van der Waals surface area contributed by atoms with Gasteiger partial charge in [0.15, 0.2) is 0 Å². The fourth-order valence-corrected chi connectivity index (χ4v) is 17.0. The number of nitrogens with zero attached hydrogens (tertiary/aromatic N) is 3. The van der Waals surface area contributed by atoms with Gasteiger partial charge in [0.2, 0.25) is 0 Å². The Morgan fingerprint density at radius 3 is 1.30 bits per heavy atom. The molecule has 0 bridgehead atoms. The Kier molecular flexibility index (Phi) is 13.1. The lowest BCUT2D eigenvalue weighted by Crippen LogP contribution is -2.60. The Labute approximate surface area is 580 Å². The molecule has 0 aliphatic carbocycles. The molecular formula is C92H80BN3S. The van der Waals surface area contributed by atoms with Crippen LogP contribution in [0, 0.1) is 0 Å². The van der Waals surface area contributed by atoms with Crippen LogP contribution in [0.5, 0.6) is 0 Å². The number of anilines is 6. The molecule has 97 heavy (non-hydrogen) atoms. The number of fused-ring (bicyclic) bond motifs is 11. The normalized spacial score (nSPS) is 13.7. The van der Waals surface area contributed by atoms with Gasteiger partial charge < -0.3 is 14.4 Å². The molecule has 4 heterocycles. The van der Waals surface area contributed by atoms with Crippen LogP contribution in [0.2, 0.25) is 0 Å². The molecule has 0 amide bonds. The molecule has 2 aliphatic rings. The highest BCUT2D eigenvalue weighted by molar-refractivity contribution is 7.33. The molecule has 2 aliphatic heterocycles. The number of aromatic nitrogens is 1. The van der Waals surface area contributed by atoms with Crippen LogP contribution in [0.3, 0.4) is 0 Å². The molecule has 3 nitrogen and oxygen atoms in total.